The predicted octanol–water partition coefficient (Wildman–Crippen LogP) is 2.32. The van der Waals surface area contributed by atoms with Crippen molar-refractivity contribution in [2.45, 2.75) is 32.4 Å². The topological polar surface area (TPSA) is 85.9 Å². The third kappa shape index (κ3) is 4.35. The first-order chi connectivity index (χ1) is 10.2. The molecular weight excluding hydrogens is 270 g/mol. The van der Waals surface area contributed by atoms with Crippen LogP contribution in [0.4, 0.5) is 5.69 Å². The van der Waals surface area contributed by atoms with Crippen molar-refractivity contribution in [2.75, 3.05) is 6.54 Å². The molecule has 21 heavy (non-hydrogen) atoms. The van der Waals surface area contributed by atoms with E-state index in [1.54, 1.807) is 23.0 Å². The van der Waals surface area contributed by atoms with Crippen LogP contribution >= 0.6 is 0 Å². The fourth-order valence-corrected chi connectivity index (χ4v) is 2.22. The largest absolute Gasteiger partial charge is 0.310 e. The zero-order valence-electron chi connectivity index (χ0n) is 12.0. The van der Waals surface area contributed by atoms with Crippen molar-refractivity contribution in [2.24, 2.45) is 0 Å². The van der Waals surface area contributed by atoms with Gasteiger partial charge in [0.1, 0.15) is 0 Å². The Balaban J connectivity index is 1.87. The van der Waals surface area contributed by atoms with E-state index in [0.717, 1.165) is 31.5 Å². The van der Waals surface area contributed by atoms with E-state index in [2.05, 4.69) is 22.6 Å². The Morgan fingerprint density at radius 1 is 1.48 bits per heavy atom. The summed E-state index contributed by atoms with van der Waals surface area (Å²) in [5.74, 6) is 0. The maximum Gasteiger partial charge on any atom is 0.269 e. The Bertz CT molecular complexity index is 571. The van der Waals surface area contributed by atoms with Gasteiger partial charge in [0.2, 0.25) is 0 Å². The number of benzene rings is 1. The number of aromatic nitrogens is 3. The highest BCUT2D eigenvalue weighted by molar-refractivity contribution is 5.35. The molecule has 0 bridgehead atoms. The van der Waals surface area contributed by atoms with Gasteiger partial charge < -0.3 is 5.32 Å². The molecule has 0 saturated carbocycles. The van der Waals surface area contributed by atoms with E-state index in [4.69, 9.17) is 0 Å². The number of rotatable bonds is 8. The minimum atomic E-state index is -0.360. The highest BCUT2D eigenvalue weighted by Gasteiger charge is 2.12. The molecule has 112 valence electrons. The van der Waals surface area contributed by atoms with E-state index in [-0.39, 0.29) is 16.7 Å². The minimum absolute atomic E-state index is 0.126. The quantitative estimate of drug-likeness (QED) is 0.458. The monoisotopic (exact) mass is 289 g/mol. The Hall–Kier alpha value is -2.28. The Morgan fingerprint density at radius 3 is 3.00 bits per heavy atom. The lowest BCUT2D eigenvalue weighted by Crippen LogP contribution is -2.23. The van der Waals surface area contributed by atoms with Gasteiger partial charge in [-0.25, -0.2) is 0 Å². The van der Waals surface area contributed by atoms with Crippen LogP contribution in [0.3, 0.4) is 0 Å². The molecule has 7 heteroatoms. The zero-order valence-corrected chi connectivity index (χ0v) is 12.0. The first kappa shape index (κ1) is 15.1. The van der Waals surface area contributed by atoms with Gasteiger partial charge in [0.25, 0.3) is 5.69 Å². The number of aryl methyl sites for hydroxylation is 1. The van der Waals surface area contributed by atoms with E-state index < -0.39 is 0 Å². The highest BCUT2D eigenvalue weighted by atomic mass is 16.6. The fraction of sp³-hybridized carbons (Fsp3) is 0.429. The van der Waals surface area contributed by atoms with Gasteiger partial charge >= 0.3 is 0 Å². The Kier molecular flexibility index (Phi) is 5.39. The number of non-ortho nitro benzene ring substituents is 1. The number of nitrogens with one attached hydrogen (secondary N) is 1. The number of nitrogens with zero attached hydrogens (tertiary/aromatic N) is 4. The molecule has 0 saturated heterocycles. The Labute approximate surface area is 123 Å². The minimum Gasteiger partial charge on any atom is -0.310 e. The van der Waals surface area contributed by atoms with Gasteiger partial charge in [-0.3, -0.25) is 14.8 Å². The van der Waals surface area contributed by atoms with Gasteiger partial charge in [0.15, 0.2) is 0 Å². The lowest BCUT2D eigenvalue weighted by atomic mass is 10.0. The van der Waals surface area contributed by atoms with Crippen molar-refractivity contribution in [3.8, 4) is 0 Å². The summed E-state index contributed by atoms with van der Waals surface area (Å²) >= 11 is 0. The summed E-state index contributed by atoms with van der Waals surface area (Å²) in [6, 6.07) is 6.93. The van der Waals surface area contributed by atoms with Crippen LogP contribution in [0.2, 0.25) is 0 Å². The van der Waals surface area contributed by atoms with Gasteiger partial charge in [-0.1, -0.05) is 24.3 Å². The molecule has 0 aliphatic carbocycles. The molecule has 1 atom stereocenters. The molecular formula is C14H19N5O2. The van der Waals surface area contributed by atoms with Crippen molar-refractivity contribution in [3.63, 3.8) is 0 Å². The molecule has 0 aliphatic rings. The fourth-order valence-electron chi connectivity index (χ4n) is 2.22. The lowest BCUT2D eigenvalue weighted by molar-refractivity contribution is -0.384. The summed E-state index contributed by atoms with van der Waals surface area (Å²) in [6.07, 6.45) is 5.29. The standard InChI is InChI=1S/C14H19N5O2/c1-2-14(12-5-3-6-13(11-12)19(20)21)15-7-4-9-18-10-8-16-17-18/h3,5-6,8,10-11,14-15H,2,4,7,9H2,1H3. The number of nitro benzene ring substituents is 1. The number of hydrogen-bond acceptors (Lipinski definition) is 5. The van der Waals surface area contributed by atoms with E-state index in [9.17, 15) is 10.1 Å². The smallest absolute Gasteiger partial charge is 0.269 e. The maximum atomic E-state index is 10.8. The zero-order chi connectivity index (χ0) is 15.1. The molecule has 2 rings (SSSR count). The molecule has 1 heterocycles. The maximum absolute atomic E-state index is 10.8. The third-order valence-corrected chi connectivity index (χ3v) is 3.32. The highest BCUT2D eigenvalue weighted by Crippen LogP contribution is 2.21. The molecule has 1 aromatic carbocycles. The molecule has 1 aromatic heterocycles. The van der Waals surface area contributed by atoms with Crippen molar-refractivity contribution in [3.05, 3.63) is 52.3 Å². The predicted molar refractivity (Wildman–Crippen MR) is 78.8 cm³/mol. The van der Waals surface area contributed by atoms with Crippen LogP contribution in [-0.4, -0.2) is 26.5 Å². The SMILES string of the molecule is CCC(NCCCn1ccnn1)c1cccc([N+](=O)[O-])c1. The van der Waals surface area contributed by atoms with E-state index in [0.29, 0.717) is 0 Å². The second-order valence-electron chi connectivity index (χ2n) is 4.79. The van der Waals surface area contributed by atoms with Gasteiger partial charge in [0, 0.05) is 30.9 Å². The van der Waals surface area contributed by atoms with Crippen molar-refractivity contribution < 1.29 is 4.92 Å². The van der Waals surface area contributed by atoms with Crippen LogP contribution in [0.25, 0.3) is 0 Å². The van der Waals surface area contributed by atoms with Crippen LogP contribution in [-0.2, 0) is 6.54 Å². The number of nitro groups is 1. The lowest BCUT2D eigenvalue weighted by Gasteiger charge is -2.17. The van der Waals surface area contributed by atoms with Crippen molar-refractivity contribution in [1.82, 2.24) is 20.3 Å². The summed E-state index contributed by atoms with van der Waals surface area (Å²) in [4.78, 5) is 10.5. The normalized spacial score (nSPS) is 12.2. The van der Waals surface area contributed by atoms with E-state index in [1.807, 2.05) is 12.3 Å². The summed E-state index contributed by atoms with van der Waals surface area (Å²) in [6.45, 7) is 3.69. The van der Waals surface area contributed by atoms with E-state index >= 15 is 0 Å². The van der Waals surface area contributed by atoms with Gasteiger partial charge in [-0.15, -0.1) is 5.10 Å². The molecule has 0 aliphatic heterocycles. The first-order valence-electron chi connectivity index (χ1n) is 7.02. The third-order valence-electron chi connectivity index (χ3n) is 3.32. The molecule has 0 amide bonds. The van der Waals surface area contributed by atoms with Crippen LogP contribution in [0.1, 0.15) is 31.4 Å². The summed E-state index contributed by atoms with van der Waals surface area (Å²) in [5.41, 5.74) is 1.09. The molecule has 0 fully saturated rings. The molecule has 7 nitrogen and oxygen atoms in total. The second kappa shape index (κ2) is 7.49. The van der Waals surface area contributed by atoms with Gasteiger partial charge in [-0.05, 0) is 24.9 Å². The summed E-state index contributed by atoms with van der Waals surface area (Å²) in [5, 5.41) is 21.9. The molecule has 2 aromatic rings. The summed E-state index contributed by atoms with van der Waals surface area (Å²) < 4.78 is 1.79. The summed E-state index contributed by atoms with van der Waals surface area (Å²) in [7, 11) is 0. The van der Waals surface area contributed by atoms with Crippen LogP contribution in [0, 0.1) is 10.1 Å². The van der Waals surface area contributed by atoms with Crippen LogP contribution < -0.4 is 5.32 Å². The molecule has 1 unspecified atom stereocenters. The molecule has 1 N–H and O–H groups in total. The first-order valence-corrected chi connectivity index (χ1v) is 7.02. The van der Waals surface area contributed by atoms with Gasteiger partial charge in [0.05, 0.1) is 11.1 Å². The van der Waals surface area contributed by atoms with E-state index in [1.165, 1.54) is 6.07 Å². The van der Waals surface area contributed by atoms with Crippen LogP contribution in [0.15, 0.2) is 36.7 Å². The van der Waals surface area contributed by atoms with Crippen molar-refractivity contribution >= 4 is 5.69 Å². The van der Waals surface area contributed by atoms with Crippen molar-refractivity contribution in [1.29, 1.82) is 0 Å². The average Bonchev–Trinajstić information content (AvgIpc) is 3.01. The van der Waals surface area contributed by atoms with Gasteiger partial charge in [-0.2, -0.15) is 0 Å². The second-order valence-corrected chi connectivity index (χ2v) is 4.79. The van der Waals surface area contributed by atoms with Crippen LogP contribution in [0.5, 0.6) is 0 Å². The number of hydrogen-bond donors (Lipinski definition) is 1. The average molecular weight is 289 g/mol. The Morgan fingerprint density at radius 2 is 2.33 bits per heavy atom. The molecule has 0 spiro atoms. The molecule has 0 radical (unpaired) electrons.